The predicted molar refractivity (Wildman–Crippen MR) is 82.1 cm³/mol. The first kappa shape index (κ1) is 18.1. The average molecular weight is 318 g/mol. The number of carboxylic acids is 1. The third-order valence-electron chi connectivity index (χ3n) is 4.06. The van der Waals surface area contributed by atoms with E-state index in [1.807, 2.05) is 19.9 Å². The molecule has 1 aliphatic heterocycles. The molecular weight excluding hydrogens is 292 g/mol. The zero-order chi connectivity index (χ0) is 16.3. The van der Waals surface area contributed by atoms with Crippen LogP contribution in [0.5, 0.6) is 0 Å². The van der Waals surface area contributed by atoms with Crippen LogP contribution in [0.2, 0.25) is 0 Å². The molecule has 1 rings (SSSR count). The number of nitrogens with zero attached hydrogens (tertiary/aromatic N) is 2. The maximum absolute atomic E-state index is 12.4. The molecule has 7 heteroatoms. The molecule has 0 amide bonds. The van der Waals surface area contributed by atoms with Crippen molar-refractivity contribution in [3.05, 3.63) is 11.6 Å². The molecule has 0 aliphatic carbocycles. The second kappa shape index (κ2) is 6.89. The minimum atomic E-state index is -3.57. The second-order valence-electron chi connectivity index (χ2n) is 5.93. The molecule has 0 aromatic rings. The Morgan fingerprint density at radius 2 is 2.05 bits per heavy atom. The number of aliphatic carboxylic acids is 1. The van der Waals surface area contributed by atoms with Gasteiger partial charge in [-0.2, -0.15) is 17.0 Å². The van der Waals surface area contributed by atoms with Gasteiger partial charge < -0.3 is 5.11 Å². The van der Waals surface area contributed by atoms with Crippen LogP contribution < -0.4 is 0 Å². The van der Waals surface area contributed by atoms with Crippen LogP contribution >= 0.6 is 0 Å². The molecule has 0 bridgehead atoms. The van der Waals surface area contributed by atoms with Crippen molar-refractivity contribution < 1.29 is 18.3 Å². The van der Waals surface area contributed by atoms with Gasteiger partial charge in [0.05, 0.1) is 5.41 Å². The average Bonchev–Trinajstić information content (AvgIpc) is 2.44. The van der Waals surface area contributed by atoms with Gasteiger partial charge in [-0.05, 0) is 33.1 Å². The minimum Gasteiger partial charge on any atom is -0.481 e. The summed E-state index contributed by atoms with van der Waals surface area (Å²) in [4.78, 5) is 11.7. The van der Waals surface area contributed by atoms with Crippen LogP contribution in [0.3, 0.4) is 0 Å². The zero-order valence-corrected chi connectivity index (χ0v) is 14.1. The van der Waals surface area contributed by atoms with Crippen LogP contribution in [0.15, 0.2) is 11.6 Å². The van der Waals surface area contributed by atoms with Crippen molar-refractivity contribution in [3.8, 4) is 0 Å². The summed E-state index contributed by atoms with van der Waals surface area (Å²) < 4.78 is 27.4. The highest BCUT2D eigenvalue weighted by atomic mass is 32.2. The van der Waals surface area contributed by atoms with E-state index in [1.54, 1.807) is 6.92 Å². The maximum atomic E-state index is 12.4. The van der Waals surface area contributed by atoms with Crippen molar-refractivity contribution in [2.24, 2.45) is 5.41 Å². The van der Waals surface area contributed by atoms with Crippen molar-refractivity contribution in [1.82, 2.24) is 8.61 Å². The smallest absolute Gasteiger partial charge is 0.311 e. The highest BCUT2D eigenvalue weighted by Crippen LogP contribution is 2.36. The Labute approximate surface area is 127 Å². The van der Waals surface area contributed by atoms with Crippen molar-refractivity contribution in [2.45, 2.75) is 40.0 Å². The molecule has 0 aromatic heterocycles. The lowest BCUT2D eigenvalue weighted by Gasteiger charge is -2.40. The molecule has 1 atom stereocenters. The highest BCUT2D eigenvalue weighted by molar-refractivity contribution is 7.86. The molecule has 0 radical (unpaired) electrons. The maximum Gasteiger partial charge on any atom is 0.311 e. The highest BCUT2D eigenvalue weighted by Gasteiger charge is 2.45. The Morgan fingerprint density at radius 1 is 1.43 bits per heavy atom. The summed E-state index contributed by atoms with van der Waals surface area (Å²) in [6, 6.07) is 0. The largest absolute Gasteiger partial charge is 0.481 e. The standard InChI is InChI=1S/C14H26N2O4S/c1-5-15(4)21(19,20)16-10-6-8-14(11-16,13(17)18)9-7-12(2)3/h7H,5-6,8-11H2,1-4H3,(H,17,18). The summed E-state index contributed by atoms with van der Waals surface area (Å²) in [5, 5.41) is 9.62. The van der Waals surface area contributed by atoms with Crippen LogP contribution in [-0.2, 0) is 15.0 Å². The predicted octanol–water partition coefficient (Wildman–Crippen LogP) is 1.71. The molecular formula is C14H26N2O4S. The van der Waals surface area contributed by atoms with E-state index >= 15 is 0 Å². The second-order valence-corrected chi connectivity index (χ2v) is 7.97. The summed E-state index contributed by atoms with van der Waals surface area (Å²) in [6.45, 7) is 6.38. The van der Waals surface area contributed by atoms with E-state index in [0.717, 1.165) is 5.57 Å². The molecule has 1 heterocycles. The van der Waals surface area contributed by atoms with Crippen LogP contribution in [0.4, 0.5) is 0 Å². The van der Waals surface area contributed by atoms with Gasteiger partial charge in [-0.1, -0.05) is 18.6 Å². The number of piperidine rings is 1. The molecule has 21 heavy (non-hydrogen) atoms. The number of carboxylic acid groups (broad SMARTS) is 1. The van der Waals surface area contributed by atoms with E-state index in [9.17, 15) is 18.3 Å². The fraction of sp³-hybridized carbons (Fsp3) is 0.786. The SMILES string of the molecule is CCN(C)S(=O)(=O)N1CCCC(CC=C(C)C)(C(=O)O)C1. The third kappa shape index (κ3) is 4.05. The molecule has 6 nitrogen and oxygen atoms in total. The van der Waals surface area contributed by atoms with Crippen LogP contribution in [0.1, 0.15) is 40.0 Å². The van der Waals surface area contributed by atoms with Crippen molar-refractivity contribution in [3.63, 3.8) is 0 Å². The molecule has 1 N–H and O–H groups in total. The Bertz CT molecular complexity index is 511. The number of carbonyl (C=O) groups is 1. The van der Waals surface area contributed by atoms with Gasteiger partial charge >= 0.3 is 5.97 Å². The summed E-state index contributed by atoms with van der Waals surface area (Å²) in [6.07, 6.45) is 3.33. The summed E-state index contributed by atoms with van der Waals surface area (Å²) in [5.74, 6) is -0.918. The van der Waals surface area contributed by atoms with E-state index in [4.69, 9.17) is 0 Å². The van der Waals surface area contributed by atoms with E-state index < -0.39 is 21.6 Å². The fourth-order valence-corrected chi connectivity index (χ4v) is 3.97. The first-order valence-corrected chi connectivity index (χ1v) is 8.63. The lowest BCUT2D eigenvalue weighted by Crippen LogP contribution is -2.53. The monoisotopic (exact) mass is 318 g/mol. The van der Waals surface area contributed by atoms with Gasteiger partial charge in [-0.3, -0.25) is 4.79 Å². The van der Waals surface area contributed by atoms with Crippen LogP contribution in [-0.4, -0.2) is 54.8 Å². The van der Waals surface area contributed by atoms with E-state index in [2.05, 4.69) is 0 Å². The molecule has 0 aromatic carbocycles. The Balaban J connectivity index is 3.05. The number of rotatable bonds is 6. The molecule has 0 saturated carbocycles. The molecule has 0 spiro atoms. The van der Waals surface area contributed by atoms with Gasteiger partial charge in [-0.15, -0.1) is 0 Å². The Hall–Kier alpha value is -0.920. The van der Waals surface area contributed by atoms with Gasteiger partial charge in [0, 0.05) is 26.7 Å². The zero-order valence-electron chi connectivity index (χ0n) is 13.3. The fourth-order valence-electron chi connectivity index (χ4n) is 2.47. The first-order valence-electron chi connectivity index (χ1n) is 7.24. The number of hydrogen-bond donors (Lipinski definition) is 1. The lowest BCUT2D eigenvalue weighted by molar-refractivity contribution is -0.151. The molecule has 1 aliphatic rings. The number of hydrogen-bond acceptors (Lipinski definition) is 3. The third-order valence-corrected chi connectivity index (χ3v) is 6.07. The summed E-state index contributed by atoms with van der Waals surface area (Å²) in [5.41, 5.74) is 0.0262. The van der Waals surface area contributed by atoms with Gasteiger partial charge in [0.2, 0.25) is 0 Å². The van der Waals surface area contributed by atoms with Gasteiger partial charge in [0.1, 0.15) is 0 Å². The molecule has 1 saturated heterocycles. The van der Waals surface area contributed by atoms with Gasteiger partial charge in [-0.25, -0.2) is 0 Å². The van der Waals surface area contributed by atoms with Gasteiger partial charge in [0.15, 0.2) is 0 Å². The van der Waals surface area contributed by atoms with E-state index in [0.29, 0.717) is 32.4 Å². The van der Waals surface area contributed by atoms with E-state index in [1.165, 1.54) is 15.7 Å². The van der Waals surface area contributed by atoms with Crippen LogP contribution in [0, 0.1) is 5.41 Å². The first-order chi connectivity index (χ1) is 9.65. The Morgan fingerprint density at radius 3 is 2.52 bits per heavy atom. The minimum absolute atomic E-state index is 0.0405. The van der Waals surface area contributed by atoms with Crippen LogP contribution in [0.25, 0.3) is 0 Å². The topological polar surface area (TPSA) is 77.9 Å². The van der Waals surface area contributed by atoms with Crippen molar-refractivity contribution in [2.75, 3.05) is 26.7 Å². The lowest BCUT2D eigenvalue weighted by atomic mass is 9.77. The number of allylic oxidation sites excluding steroid dienone is 2. The summed E-state index contributed by atoms with van der Waals surface area (Å²) >= 11 is 0. The van der Waals surface area contributed by atoms with E-state index in [-0.39, 0.29) is 6.54 Å². The molecule has 1 unspecified atom stereocenters. The van der Waals surface area contributed by atoms with Gasteiger partial charge in [0.25, 0.3) is 10.2 Å². The molecule has 1 fully saturated rings. The molecule has 122 valence electrons. The summed E-state index contributed by atoms with van der Waals surface area (Å²) in [7, 11) is -2.06. The van der Waals surface area contributed by atoms with Crippen molar-refractivity contribution in [1.29, 1.82) is 0 Å². The van der Waals surface area contributed by atoms with Crippen molar-refractivity contribution >= 4 is 16.2 Å². The Kier molecular flexibility index (Phi) is 5.95. The quantitative estimate of drug-likeness (QED) is 0.756. The normalized spacial score (nSPS) is 24.0.